The summed E-state index contributed by atoms with van der Waals surface area (Å²) >= 11 is 0. The molecule has 0 fully saturated rings. The summed E-state index contributed by atoms with van der Waals surface area (Å²) in [6.45, 7) is 14.2. The molecule has 0 bridgehead atoms. The van der Waals surface area contributed by atoms with E-state index >= 15 is 0 Å². The van der Waals surface area contributed by atoms with Crippen molar-refractivity contribution in [2.75, 3.05) is 27.2 Å². The van der Waals surface area contributed by atoms with Crippen LogP contribution in [0.2, 0.25) is 0 Å². The molecule has 0 radical (unpaired) electrons. The van der Waals surface area contributed by atoms with E-state index in [9.17, 15) is 0 Å². The Morgan fingerprint density at radius 1 is 1.00 bits per heavy atom. The Hall–Kier alpha value is -0.250. The fourth-order valence-electron chi connectivity index (χ4n) is 1.23. The van der Waals surface area contributed by atoms with Crippen LogP contribution >= 0.6 is 10.4 Å². The normalized spacial score (nSPS) is 13.4. The van der Waals surface area contributed by atoms with E-state index in [-0.39, 0.29) is 0 Å². The van der Waals surface area contributed by atoms with E-state index in [0.717, 1.165) is 13.1 Å². The Morgan fingerprint density at radius 3 is 1.46 bits per heavy atom. The van der Waals surface area contributed by atoms with E-state index in [2.05, 4.69) is 49.7 Å². The highest BCUT2D eigenvalue weighted by Crippen LogP contribution is 2.54. The molecule has 0 aromatic carbocycles. The molecule has 0 amide bonds. The first-order valence-electron chi connectivity index (χ1n) is 4.59. The minimum absolute atomic E-state index is 1.01. The van der Waals surface area contributed by atoms with E-state index in [1.807, 2.05) is 10.8 Å². The smallest absolute Gasteiger partial charge is 0.00597 e. The second-order valence-corrected chi connectivity index (χ2v) is 6.05. The molecule has 0 aliphatic heterocycles. The maximum atomic E-state index is 3.92. The molecule has 0 aromatic rings. The maximum absolute atomic E-state index is 3.92. The van der Waals surface area contributed by atoms with Crippen LogP contribution in [-0.2, 0) is 0 Å². The molecule has 0 aromatic heterocycles. The van der Waals surface area contributed by atoms with E-state index in [4.69, 9.17) is 0 Å². The number of hydrogen-bond acceptors (Lipinski definition) is 2. The van der Waals surface area contributed by atoms with Crippen molar-refractivity contribution >= 4 is 10.4 Å². The van der Waals surface area contributed by atoms with Gasteiger partial charge in [0.1, 0.15) is 0 Å². The fourth-order valence-corrected chi connectivity index (χ4v) is 3.69. The van der Waals surface area contributed by atoms with Gasteiger partial charge in [-0.05, 0) is 24.9 Å². The molecule has 0 N–H and O–H groups in total. The van der Waals surface area contributed by atoms with Gasteiger partial charge >= 0.3 is 0 Å². The molecule has 78 valence electrons. The van der Waals surface area contributed by atoms with Crippen molar-refractivity contribution in [3.63, 3.8) is 0 Å². The predicted molar refractivity (Wildman–Crippen MR) is 64.6 cm³/mol. The van der Waals surface area contributed by atoms with Crippen molar-refractivity contribution in [1.29, 1.82) is 0 Å². The van der Waals surface area contributed by atoms with Gasteiger partial charge in [-0.15, -0.1) is 0 Å². The molecule has 2 nitrogen and oxygen atoms in total. The summed E-state index contributed by atoms with van der Waals surface area (Å²) < 4.78 is 4.60. The van der Waals surface area contributed by atoms with Crippen molar-refractivity contribution in [3.05, 3.63) is 24.0 Å². The van der Waals surface area contributed by atoms with Crippen molar-refractivity contribution in [2.24, 2.45) is 0 Å². The van der Waals surface area contributed by atoms with Crippen molar-refractivity contribution in [1.82, 2.24) is 8.61 Å². The number of hydrogen-bond donors (Lipinski definition) is 0. The highest BCUT2D eigenvalue weighted by atomic mass is 32.3. The largest absolute Gasteiger partial charge is 0.253 e. The van der Waals surface area contributed by atoms with Gasteiger partial charge in [0, 0.05) is 13.1 Å². The van der Waals surface area contributed by atoms with Crippen molar-refractivity contribution in [3.8, 4) is 0 Å². The average Bonchev–Trinajstić information content (AvgIpc) is 2.19. The van der Waals surface area contributed by atoms with E-state index in [0.29, 0.717) is 0 Å². The molecule has 0 rings (SSSR count). The molecule has 0 heterocycles. The van der Waals surface area contributed by atoms with E-state index in [1.54, 1.807) is 0 Å². The van der Waals surface area contributed by atoms with Crippen LogP contribution in [-0.4, -0.2) is 35.8 Å². The van der Waals surface area contributed by atoms with E-state index < -0.39 is 10.4 Å². The van der Waals surface area contributed by atoms with Gasteiger partial charge in [0.15, 0.2) is 0 Å². The standard InChI is InChI=1S/C10H22N2S/c1-7-11(5)13(9-3,10-4)12(6)8-2/h9-10H,3-4,7-8H2,1-2,5-6H3. The quantitative estimate of drug-likeness (QED) is 0.653. The Balaban J connectivity index is 4.89. The first-order valence-corrected chi connectivity index (χ1v) is 6.27. The van der Waals surface area contributed by atoms with Crippen molar-refractivity contribution in [2.45, 2.75) is 13.8 Å². The number of nitrogens with zero attached hydrogens (tertiary/aromatic N) is 2. The van der Waals surface area contributed by atoms with Gasteiger partial charge in [0.25, 0.3) is 0 Å². The van der Waals surface area contributed by atoms with Crippen LogP contribution in [0, 0.1) is 0 Å². The zero-order valence-electron chi connectivity index (χ0n) is 9.29. The molecular weight excluding hydrogens is 180 g/mol. The summed E-state index contributed by atoms with van der Waals surface area (Å²) in [6, 6.07) is 0. The molecule has 13 heavy (non-hydrogen) atoms. The van der Waals surface area contributed by atoms with Crippen LogP contribution < -0.4 is 0 Å². The predicted octanol–water partition coefficient (Wildman–Crippen LogP) is 2.81. The number of rotatable bonds is 6. The highest BCUT2D eigenvalue weighted by molar-refractivity contribution is 8.34. The SMILES string of the molecule is C=CS(C=C)(N(C)CC)N(C)CC. The third-order valence-corrected chi connectivity index (χ3v) is 5.87. The third-order valence-electron chi connectivity index (χ3n) is 2.38. The molecular formula is C10H22N2S. The Bertz CT molecular complexity index is 160. The first kappa shape index (κ1) is 12.8. The molecule has 0 saturated carbocycles. The monoisotopic (exact) mass is 202 g/mol. The van der Waals surface area contributed by atoms with Gasteiger partial charge in [-0.1, -0.05) is 37.4 Å². The summed E-state index contributed by atoms with van der Waals surface area (Å²) in [5.74, 6) is 0. The van der Waals surface area contributed by atoms with Crippen LogP contribution in [0.1, 0.15) is 13.8 Å². The zero-order valence-corrected chi connectivity index (χ0v) is 10.1. The third kappa shape index (κ3) is 2.36. The molecule has 3 heteroatoms. The lowest BCUT2D eigenvalue weighted by molar-refractivity contribution is 0.508. The lowest BCUT2D eigenvalue weighted by Crippen LogP contribution is -2.32. The Labute approximate surface area is 84.5 Å². The van der Waals surface area contributed by atoms with Gasteiger partial charge < -0.3 is 0 Å². The summed E-state index contributed by atoms with van der Waals surface area (Å²) in [6.07, 6.45) is 0. The summed E-state index contributed by atoms with van der Waals surface area (Å²) in [5.41, 5.74) is 0. The van der Waals surface area contributed by atoms with Crippen LogP contribution in [0.4, 0.5) is 0 Å². The van der Waals surface area contributed by atoms with Gasteiger partial charge in [-0.25, -0.2) is 0 Å². The van der Waals surface area contributed by atoms with Crippen LogP contribution in [0.15, 0.2) is 24.0 Å². The van der Waals surface area contributed by atoms with Crippen LogP contribution in [0.3, 0.4) is 0 Å². The first-order chi connectivity index (χ1) is 6.08. The molecule has 0 aliphatic rings. The second kappa shape index (κ2) is 5.47. The van der Waals surface area contributed by atoms with Gasteiger partial charge in [0.05, 0.1) is 0 Å². The minimum atomic E-state index is -1.14. The highest BCUT2D eigenvalue weighted by Gasteiger charge is 2.24. The van der Waals surface area contributed by atoms with Crippen LogP contribution in [0.25, 0.3) is 0 Å². The maximum Gasteiger partial charge on any atom is 0.00597 e. The zero-order chi connectivity index (χ0) is 10.5. The van der Waals surface area contributed by atoms with E-state index in [1.165, 1.54) is 0 Å². The van der Waals surface area contributed by atoms with Gasteiger partial charge in [-0.2, -0.15) is 0 Å². The lowest BCUT2D eigenvalue weighted by atomic mass is 10.8. The summed E-state index contributed by atoms with van der Waals surface area (Å²) in [4.78, 5) is 0. The molecule has 0 saturated heterocycles. The summed E-state index contributed by atoms with van der Waals surface area (Å²) in [5, 5.41) is 4.04. The van der Waals surface area contributed by atoms with Gasteiger partial charge in [0.2, 0.25) is 0 Å². The fraction of sp³-hybridized carbons (Fsp3) is 0.600. The lowest BCUT2D eigenvalue weighted by Gasteiger charge is -2.48. The molecule has 0 atom stereocenters. The topological polar surface area (TPSA) is 6.48 Å². The molecule has 0 spiro atoms. The average molecular weight is 202 g/mol. The Morgan fingerprint density at radius 2 is 1.31 bits per heavy atom. The second-order valence-electron chi connectivity index (χ2n) is 2.86. The molecule has 0 aliphatic carbocycles. The van der Waals surface area contributed by atoms with Crippen molar-refractivity contribution < 1.29 is 0 Å². The summed E-state index contributed by atoms with van der Waals surface area (Å²) in [7, 11) is 3.10. The Kier molecular flexibility index (Phi) is 5.37. The minimum Gasteiger partial charge on any atom is -0.253 e. The van der Waals surface area contributed by atoms with Gasteiger partial charge in [-0.3, -0.25) is 8.61 Å². The van der Waals surface area contributed by atoms with Crippen LogP contribution in [0.5, 0.6) is 0 Å². The molecule has 0 unspecified atom stereocenters.